The summed E-state index contributed by atoms with van der Waals surface area (Å²) in [7, 11) is 0. The van der Waals surface area contributed by atoms with E-state index in [9.17, 15) is 18.0 Å². The number of carbonyl (C=O) groups is 1. The second-order valence-electron chi connectivity index (χ2n) is 3.32. The van der Waals surface area contributed by atoms with Crippen molar-refractivity contribution < 1.29 is 22.7 Å². The Kier molecular flexibility index (Phi) is 4.99. The molecule has 0 radical (unpaired) electrons. The summed E-state index contributed by atoms with van der Waals surface area (Å²) < 4.78 is 41.3. The van der Waals surface area contributed by atoms with Crippen molar-refractivity contribution in [2.45, 2.75) is 12.6 Å². The lowest BCUT2D eigenvalue weighted by atomic mass is 10.1. The summed E-state index contributed by atoms with van der Waals surface area (Å²) in [6.45, 7) is 0.183. The fourth-order valence-corrected chi connectivity index (χ4v) is 1.42. The predicted octanol–water partition coefficient (Wildman–Crippen LogP) is 3.34. The minimum absolute atomic E-state index is 0.0470. The van der Waals surface area contributed by atoms with Gasteiger partial charge in [-0.2, -0.15) is 13.2 Å². The van der Waals surface area contributed by atoms with Crippen molar-refractivity contribution in [2.24, 2.45) is 0 Å². The lowest BCUT2D eigenvalue weighted by Gasteiger charge is -2.08. The van der Waals surface area contributed by atoms with E-state index < -0.39 is 18.6 Å². The maximum atomic E-state index is 12.2. The first-order chi connectivity index (χ1) is 7.92. The van der Waals surface area contributed by atoms with E-state index in [0.29, 0.717) is 5.33 Å². The maximum Gasteiger partial charge on any atom is 0.393 e. The van der Waals surface area contributed by atoms with Gasteiger partial charge in [-0.1, -0.05) is 28.1 Å². The molecule has 94 valence electrons. The first kappa shape index (κ1) is 14.0. The lowest BCUT2D eigenvalue weighted by molar-refractivity contribution is -0.127. The number of benzene rings is 1. The minimum atomic E-state index is -4.28. The molecule has 6 heteroatoms. The molecule has 1 rings (SSSR count). The molecule has 2 nitrogen and oxygen atoms in total. The zero-order chi connectivity index (χ0) is 12.9. The molecule has 0 aromatic heterocycles. The van der Waals surface area contributed by atoms with Crippen LogP contribution in [0.3, 0.4) is 0 Å². The Morgan fingerprint density at radius 2 is 2.06 bits per heavy atom. The summed E-state index contributed by atoms with van der Waals surface area (Å²) in [4.78, 5) is 11.4. The minimum Gasteiger partial charge on any atom is -0.461 e. The van der Waals surface area contributed by atoms with E-state index in [-0.39, 0.29) is 17.7 Å². The third kappa shape index (κ3) is 5.21. The van der Waals surface area contributed by atoms with Crippen LogP contribution in [0.25, 0.3) is 0 Å². The number of rotatable bonds is 4. The number of alkyl halides is 4. The number of carbonyl (C=O) groups excluding carboxylic acids is 1. The zero-order valence-electron chi connectivity index (χ0n) is 8.76. The maximum absolute atomic E-state index is 12.2. The van der Waals surface area contributed by atoms with E-state index in [2.05, 4.69) is 15.9 Å². The second kappa shape index (κ2) is 6.05. The van der Waals surface area contributed by atoms with E-state index in [0.717, 1.165) is 0 Å². The zero-order valence-corrected chi connectivity index (χ0v) is 10.3. The number of halogens is 4. The molecule has 0 bridgehead atoms. The van der Waals surface area contributed by atoms with Gasteiger partial charge >= 0.3 is 12.1 Å². The van der Waals surface area contributed by atoms with Crippen molar-refractivity contribution in [2.75, 3.05) is 11.9 Å². The van der Waals surface area contributed by atoms with Crippen LogP contribution in [0.2, 0.25) is 0 Å². The largest absolute Gasteiger partial charge is 0.461 e. The van der Waals surface area contributed by atoms with Gasteiger partial charge in [0, 0.05) is 5.33 Å². The summed E-state index contributed by atoms with van der Waals surface area (Å²) in [5.41, 5.74) is 0.179. The molecule has 0 unspecified atom stereocenters. The fourth-order valence-electron chi connectivity index (χ4n) is 1.25. The van der Waals surface area contributed by atoms with Crippen LogP contribution in [0.4, 0.5) is 13.2 Å². The highest BCUT2D eigenvalue weighted by Gasteiger charge is 2.27. The average Bonchev–Trinajstić information content (AvgIpc) is 2.24. The van der Waals surface area contributed by atoms with Crippen molar-refractivity contribution in [1.29, 1.82) is 0 Å². The summed E-state index contributed by atoms with van der Waals surface area (Å²) in [6.07, 6.45) is -5.33. The first-order valence-corrected chi connectivity index (χ1v) is 5.93. The molecule has 1 aromatic rings. The Bertz CT molecular complexity index is 391. The summed E-state index contributed by atoms with van der Waals surface area (Å²) >= 11 is 3.08. The smallest absolute Gasteiger partial charge is 0.393 e. The number of ether oxygens (including phenoxy) is 1. The SMILES string of the molecule is O=C(OCCBr)c1cccc(CC(F)(F)F)c1. The fraction of sp³-hybridized carbons (Fsp3) is 0.364. The molecule has 0 fully saturated rings. The van der Waals surface area contributed by atoms with Crippen molar-refractivity contribution in [3.8, 4) is 0 Å². The van der Waals surface area contributed by atoms with Gasteiger partial charge in [0.1, 0.15) is 6.61 Å². The molecule has 0 spiro atoms. The number of hydrogen-bond donors (Lipinski definition) is 0. The van der Waals surface area contributed by atoms with Gasteiger partial charge < -0.3 is 4.74 Å². The van der Waals surface area contributed by atoms with Crippen LogP contribution in [-0.2, 0) is 11.2 Å². The monoisotopic (exact) mass is 310 g/mol. The van der Waals surface area contributed by atoms with E-state index in [4.69, 9.17) is 4.74 Å². The molecular formula is C11H10BrF3O2. The van der Waals surface area contributed by atoms with Gasteiger partial charge in [0.05, 0.1) is 12.0 Å². The van der Waals surface area contributed by atoms with E-state index in [1.807, 2.05) is 0 Å². The number of hydrogen-bond acceptors (Lipinski definition) is 2. The van der Waals surface area contributed by atoms with Crippen LogP contribution in [0.1, 0.15) is 15.9 Å². The predicted molar refractivity (Wildman–Crippen MR) is 60.3 cm³/mol. The van der Waals surface area contributed by atoms with Gasteiger partial charge in [0.15, 0.2) is 0 Å². The van der Waals surface area contributed by atoms with Crippen molar-refractivity contribution in [3.63, 3.8) is 0 Å². The van der Waals surface area contributed by atoms with Crippen molar-refractivity contribution in [3.05, 3.63) is 35.4 Å². The molecule has 0 amide bonds. The van der Waals surface area contributed by atoms with Gasteiger partial charge in [-0.15, -0.1) is 0 Å². The second-order valence-corrected chi connectivity index (χ2v) is 4.11. The number of esters is 1. The van der Waals surface area contributed by atoms with Crippen LogP contribution >= 0.6 is 15.9 Å². The highest BCUT2D eigenvalue weighted by Crippen LogP contribution is 2.21. The van der Waals surface area contributed by atoms with Crippen LogP contribution in [-0.4, -0.2) is 24.1 Å². The molecule has 0 saturated heterocycles. The summed E-state index contributed by atoms with van der Waals surface area (Å²) in [5, 5.41) is 0.487. The average molecular weight is 311 g/mol. The lowest BCUT2D eigenvalue weighted by Crippen LogP contribution is -2.13. The Morgan fingerprint density at radius 1 is 1.35 bits per heavy atom. The van der Waals surface area contributed by atoms with Crippen LogP contribution < -0.4 is 0 Å². The van der Waals surface area contributed by atoms with Crippen LogP contribution in [0.5, 0.6) is 0 Å². The topological polar surface area (TPSA) is 26.3 Å². The van der Waals surface area contributed by atoms with Crippen molar-refractivity contribution >= 4 is 21.9 Å². The molecule has 17 heavy (non-hydrogen) atoms. The van der Waals surface area contributed by atoms with E-state index in [1.54, 1.807) is 0 Å². The van der Waals surface area contributed by atoms with Crippen molar-refractivity contribution in [1.82, 2.24) is 0 Å². The standard InChI is InChI=1S/C11H10BrF3O2/c12-4-5-17-10(16)9-3-1-2-8(6-9)7-11(13,14)15/h1-3,6H,4-5,7H2. The third-order valence-corrected chi connectivity index (χ3v) is 2.20. The summed E-state index contributed by atoms with van der Waals surface area (Å²) in [6, 6.07) is 5.36. The Hall–Kier alpha value is -1.04. The van der Waals surface area contributed by atoms with Gasteiger partial charge in [0.2, 0.25) is 0 Å². The van der Waals surface area contributed by atoms with E-state index in [1.165, 1.54) is 24.3 Å². The molecule has 0 N–H and O–H groups in total. The first-order valence-electron chi connectivity index (χ1n) is 4.81. The molecule has 0 heterocycles. The molecular weight excluding hydrogens is 301 g/mol. The highest BCUT2D eigenvalue weighted by atomic mass is 79.9. The Morgan fingerprint density at radius 3 is 2.65 bits per heavy atom. The Balaban J connectivity index is 2.75. The molecule has 0 aliphatic rings. The molecule has 0 aliphatic carbocycles. The molecule has 0 aliphatic heterocycles. The molecule has 0 saturated carbocycles. The molecule has 1 aromatic carbocycles. The Labute approximate surface area is 105 Å². The molecule has 0 atom stereocenters. The van der Waals surface area contributed by atoms with Crippen LogP contribution in [0, 0.1) is 0 Å². The normalized spacial score (nSPS) is 11.3. The van der Waals surface area contributed by atoms with Gasteiger partial charge in [-0.3, -0.25) is 0 Å². The highest BCUT2D eigenvalue weighted by molar-refractivity contribution is 9.09. The third-order valence-electron chi connectivity index (χ3n) is 1.88. The van der Waals surface area contributed by atoms with Gasteiger partial charge in [-0.05, 0) is 17.7 Å². The summed E-state index contributed by atoms with van der Waals surface area (Å²) in [5.74, 6) is -0.617. The quantitative estimate of drug-likeness (QED) is 0.630. The van der Waals surface area contributed by atoms with Crippen LogP contribution in [0.15, 0.2) is 24.3 Å². The van der Waals surface area contributed by atoms with Gasteiger partial charge in [0.25, 0.3) is 0 Å². The van der Waals surface area contributed by atoms with Gasteiger partial charge in [-0.25, -0.2) is 4.79 Å². The van der Waals surface area contributed by atoms with E-state index >= 15 is 0 Å².